The fourth-order valence-electron chi connectivity index (χ4n) is 2.42. The van der Waals surface area contributed by atoms with Gasteiger partial charge in [-0.25, -0.2) is 0 Å². The molecule has 1 aliphatic rings. The minimum absolute atomic E-state index is 0.148. The molecule has 0 aliphatic carbocycles. The summed E-state index contributed by atoms with van der Waals surface area (Å²) in [6.07, 6.45) is 6.04. The molecule has 94 valence electrons. The highest BCUT2D eigenvalue weighted by Crippen LogP contribution is 2.42. The molecular weight excluding hydrogens is 234 g/mol. The van der Waals surface area contributed by atoms with E-state index in [2.05, 4.69) is 23.4 Å². The smallest absolute Gasteiger partial charge is 0.132 e. The highest BCUT2D eigenvalue weighted by molar-refractivity contribution is 5.52. The molecule has 0 bridgehead atoms. The lowest BCUT2D eigenvalue weighted by atomic mass is 9.94. The monoisotopic (exact) mass is 249 g/mol. The van der Waals surface area contributed by atoms with Crippen LogP contribution in [0.2, 0.25) is 0 Å². The van der Waals surface area contributed by atoms with Gasteiger partial charge in [-0.15, -0.1) is 12.3 Å². The van der Waals surface area contributed by atoms with Gasteiger partial charge in [0.1, 0.15) is 11.5 Å². The Labute approximate surface area is 113 Å². The normalized spacial score (nSPS) is 13.0. The Morgan fingerprint density at radius 1 is 1.00 bits per heavy atom. The van der Waals surface area contributed by atoms with Crippen LogP contribution in [0.1, 0.15) is 23.6 Å². The van der Waals surface area contributed by atoms with Crippen molar-refractivity contribution >= 4 is 0 Å². The van der Waals surface area contributed by atoms with Gasteiger partial charge >= 0.3 is 0 Å². The van der Waals surface area contributed by atoms with Gasteiger partial charge in [-0.2, -0.15) is 0 Å². The van der Waals surface area contributed by atoms with Crippen molar-refractivity contribution in [3.05, 3.63) is 59.7 Å². The van der Waals surface area contributed by atoms with E-state index < -0.39 is 0 Å². The lowest BCUT2D eigenvalue weighted by molar-refractivity contribution is 0.429. The maximum Gasteiger partial charge on any atom is 0.132 e. The molecule has 0 amide bonds. The Hall–Kier alpha value is -2.24. The first-order chi connectivity index (χ1) is 9.40. The molecule has 2 aromatic rings. The van der Waals surface area contributed by atoms with Crippen LogP contribution in [0.4, 0.5) is 0 Å². The molecule has 3 rings (SSSR count). The topological polar surface area (TPSA) is 21.3 Å². The zero-order valence-electron chi connectivity index (χ0n) is 10.6. The largest absolute Gasteiger partial charge is 0.457 e. The Morgan fingerprint density at radius 2 is 1.58 bits per heavy atom. The summed E-state index contributed by atoms with van der Waals surface area (Å²) in [4.78, 5) is 0. The van der Waals surface area contributed by atoms with Crippen molar-refractivity contribution < 1.29 is 4.74 Å². The summed E-state index contributed by atoms with van der Waals surface area (Å²) in [7, 11) is 0. The summed E-state index contributed by atoms with van der Waals surface area (Å²) < 4.78 is 5.93. The first-order valence-electron chi connectivity index (χ1n) is 6.42. The van der Waals surface area contributed by atoms with E-state index in [0.717, 1.165) is 24.5 Å². The van der Waals surface area contributed by atoms with E-state index in [9.17, 15) is 0 Å². The SMILES string of the molecule is C#CCCNC1c2ccccc2Oc2ccccc21. The van der Waals surface area contributed by atoms with Gasteiger partial charge in [0.05, 0.1) is 6.04 Å². The molecule has 1 aliphatic heterocycles. The molecule has 0 radical (unpaired) electrons. The predicted molar refractivity (Wildman–Crippen MR) is 76.3 cm³/mol. The Kier molecular flexibility index (Phi) is 3.22. The number of rotatable bonds is 3. The van der Waals surface area contributed by atoms with Crippen LogP contribution >= 0.6 is 0 Å². The average Bonchev–Trinajstić information content (AvgIpc) is 2.46. The summed E-state index contributed by atoms with van der Waals surface area (Å²) in [5.41, 5.74) is 2.33. The van der Waals surface area contributed by atoms with Crippen molar-refractivity contribution in [2.45, 2.75) is 12.5 Å². The van der Waals surface area contributed by atoms with Crippen molar-refractivity contribution in [2.24, 2.45) is 0 Å². The summed E-state index contributed by atoms with van der Waals surface area (Å²) >= 11 is 0. The fourth-order valence-corrected chi connectivity index (χ4v) is 2.42. The van der Waals surface area contributed by atoms with E-state index in [4.69, 9.17) is 11.2 Å². The number of terminal acetylenes is 1. The minimum atomic E-state index is 0.148. The summed E-state index contributed by atoms with van der Waals surface area (Å²) in [6.45, 7) is 0.795. The van der Waals surface area contributed by atoms with Crippen LogP contribution in [0.5, 0.6) is 11.5 Å². The lowest BCUT2D eigenvalue weighted by Gasteiger charge is -2.28. The summed E-state index contributed by atoms with van der Waals surface area (Å²) in [5, 5.41) is 3.51. The van der Waals surface area contributed by atoms with Gasteiger partial charge < -0.3 is 10.1 Å². The first kappa shape index (κ1) is 11.8. The zero-order valence-corrected chi connectivity index (χ0v) is 10.6. The minimum Gasteiger partial charge on any atom is -0.457 e. The van der Waals surface area contributed by atoms with Crippen molar-refractivity contribution in [2.75, 3.05) is 6.54 Å². The van der Waals surface area contributed by atoms with Crippen molar-refractivity contribution in [3.63, 3.8) is 0 Å². The Bertz CT molecular complexity index is 582. The number of ether oxygens (including phenoxy) is 1. The maximum atomic E-state index is 5.93. The molecule has 2 nitrogen and oxygen atoms in total. The predicted octanol–water partition coefficient (Wildman–Crippen LogP) is 3.49. The number of hydrogen-bond acceptors (Lipinski definition) is 2. The van der Waals surface area contributed by atoms with Gasteiger partial charge in [-0.05, 0) is 12.1 Å². The van der Waals surface area contributed by atoms with Gasteiger partial charge in [0.15, 0.2) is 0 Å². The highest BCUT2D eigenvalue weighted by Gasteiger charge is 2.25. The van der Waals surface area contributed by atoms with Crippen LogP contribution in [0.15, 0.2) is 48.5 Å². The van der Waals surface area contributed by atoms with Gasteiger partial charge in [0, 0.05) is 24.1 Å². The molecule has 0 spiro atoms. The van der Waals surface area contributed by atoms with Crippen molar-refractivity contribution in [3.8, 4) is 23.8 Å². The van der Waals surface area contributed by atoms with Gasteiger partial charge in [0.2, 0.25) is 0 Å². The number of para-hydroxylation sites is 2. The molecule has 0 fully saturated rings. The fraction of sp³-hybridized carbons (Fsp3) is 0.176. The molecule has 1 N–H and O–H groups in total. The molecule has 0 unspecified atom stereocenters. The third kappa shape index (κ3) is 2.21. The van der Waals surface area contributed by atoms with E-state index in [1.54, 1.807) is 0 Å². The van der Waals surface area contributed by atoms with Crippen molar-refractivity contribution in [1.29, 1.82) is 0 Å². The second kappa shape index (κ2) is 5.17. The lowest BCUT2D eigenvalue weighted by Crippen LogP contribution is -2.26. The first-order valence-corrected chi connectivity index (χ1v) is 6.42. The van der Waals surface area contributed by atoms with E-state index in [0.29, 0.717) is 0 Å². The molecule has 0 saturated heterocycles. The van der Waals surface area contributed by atoms with Gasteiger partial charge in [-0.3, -0.25) is 0 Å². The third-order valence-corrected chi connectivity index (χ3v) is 3.30. The van der Waals surface area contributed by atoms with Crippen molar-refractivity contribution in [1.82, 2.24) is 5.32 Å². The van der Waals surface area contributed by atoms with E-state index in [-0.39, 0.29) is 6.04 Å². The molecule has 2 heteroatoms. The number of nitrogens with one attached hydrogen (secondary N) is 1. The van der Waals surface area contributed by atoms with Gasteiger partial charge in [-0.1, -0.05) is 36.4 Å². The summed E-state index contributed by atoms with van der Waals surface area (Å²) in [6, 6.07) is 16.4. The zero-order chi connectivity index (χ0) is 13.1. The van der Waals surface area contributed by atoms with Crippen LogP contribution in [0.25, 0.3) is 0 Å². The molecule has 0 saturated carbocycles. The third-order valence-electron chi connectivity index (χ3n) is 3.30. The van der Waals surface area contributed by atoms with E-state index in [1.807, 2.05) is 36.4 Å². The molecule has 1 heterocycles. The van der Waals surface area contributed by atoms with Crippen LogP contribution < -0.4 is 10.1 Å². The van der Waals surface area contributed by atoms with Crippen LogP contribution in [0.3, 0.4) is 0 Å². The van der Waals surface area contributed by atoms with E-state index >= 15 is 0 Å². The maximum absolute atomic E-state index is 5.93. The second-order valence-electron chi connectivity index (χ2n) is 4.52. The van der Waals surface area contributed by atoms with Crippen LogP contribution in [0, 0.1) is 12.3 Å². The average molecular weight is 249 g/mol. The van der Waals surface area contributed by atoms with Crippen LogP contribution in [-0.2, 0) is 0 Å². The number of benzene rings is 2. The van der Waals surface area contributed by atoms with E-state index in [1.165, 1.54) is 11.1 Å². The van der Waals surface area contributed by atoms with Gasteiger partial charge in [0.25, 0.3) is 0 Å². The van der Waals surface area contributed by atoms with Crippen LogP contribution in [-0.4, -0.2) is 6.54 Å². The molecule has 0 aromatic heterocycles. The number of fused-ring (bicyclic) bond motifs is 2. The Balaban J connectivity index is 1.99. The molecular formula is C17H15NO. The standard InChI is InChI=1S/C17H15NO/c1-2-3-12-18-17-13-8-4-6-10-15(13)19-16-11-7-5-9-14(16)17/h1,4-11,17-18H,3,12H2. The Morgan fingerprint density at radius 3 is 2.16 bits per heavy atom. The second-order valence-corrected chi connectivity index (χ2v) is 4.52. The molecule has 19 heavy (non-hydrogen) atoms. The molecule has 0 atom stereocenters. The highest BCUT2D eigenvalue weighted by atomic mass is 16.5. The number of hydrogen-bond donors (Lipinski definition) is 1. The summed E-state index contributed by atoms with van der Waals surface area (Å²) in [5.74, 6) is 4.49. The quantitative estimate of drug-likeness (QED) is 0.664. The molecule has 2 aromatic carbocycles.